The number of anilines is 1. The molecule has 0 spiro atoms. The highest BCUT2D eigenvalue weighted by Gasteiger charge is 2.12. The van der Waals surface area contributed by atoms with Crippen molar-refractivity contribution in [3.05, 3.63) is 60.4 Å². The van der Waals surface area contributed by atoms with Crippen molar-refractivity contribution in [2.45, 2.75) is 6.92 Å². The predicted molar refractivity (Wildman–Crippen MR) is 89.0 cm³/mol. The fraction of sp³-hybridized carbons (Fsp3) is 0.167. The zero-order valence-corrected chi connectivity index (χ0v) is 13.3. The van der Waals surface area contributed by atoms with Gasteiger partial charge in [-0.3, -0.25) is 4.79 Å². The molecule has 0 aliphatic carbocycles. The summed E-state index contributed by atoms with van der Waals surface area (Å²) in [7, 11) is 3.08. The van der Waals surface area contributed by atoms with Crippen LogP contribution in [0.1, 0.15) is 6.92 Å². The van der Waals surface area contributed by atoms with Crippen LogP contribution >= 0.6 is 0 Å². The number of amides is 1. The molecule has 0 unspecified atom stereocenters. The Morgan fingerprint density at radius 2 is 1.57 bits per heavy atom. The molecule has 0 aliphatic rings. The van der Waals surface area contributed by atoms with Gasteiger partial charge in [0.2, 0.25) is 5.75 Å². The number of carbonyl (C=O) groups excluding carboxylic acids is 1. The lowest BCUT2D eigenvalue weighted by molar-refractivity contribution is -0.112. The van der Waals surface area contributed by atoms with Crippen LogP contribution in [0, 0.1) is 0 Å². The van der Waals surface area contributed by atoms with Crippen molar-refractivity contribution in [1.82, 2.24) is 0 Å². The van der Waals surface area contributed by atoms with Gasteiger partial charge in [-0.1, -0.05) is 24.3 Å². The third-order valence-electron chi connectivity index (χ3n) is 3.13. The van der Waals surface area contributed by atoms with Gasteiger partial charge in [-0.25, -0.2) is 0 Å². The first-order chi connectivity index (χ1) is 11.2. The molecule has 0 radical (unpaired) electrons. The average molecular weight is 313 g/mol. The predicted octanol–water partition coefficient (Wildman–Crippen LogP) is 3.63. The quantitative estimate of drug-likeness (QED) is 0.653. The van der Waals surface area contributed by atoms with Crippen LogP contribution in [-0.4, -0.2) is 20.1 Å². The van der Waals surface area contributed by atoms with Crippen LogP contribution < -0.4 is 19.5 Å². The summed E-state index contributed by atoms with van der Waals surface area (Å²) in [5.74, 6) is 1.23. The Morgan fingerprint density at radius 1 is 0.957 bits per heavy atom. The van der Waals surface area contributed by atoms with E-state index >= 15 is 0 Å². The molecule has 5 nitrogen and oxygen atoms in total. The first kappa shape index (κ1) is 16.4. The SMILES string of the molecule is COc1cccc(OC)c1OC=C(C)C(=O)Nc1ccccc1. The molecule has 0 heterocycles. The summed E-state index contributed by atoms with van der Waals surface area (Å²) < 4.78 is 16.1. The summed E-state index contributed by atoms with van der Waals surface area (Å²) in [6, 6.07) is 14.5. The molecule has 0 aliphatic heterocycles. The highest BCUT2D eigenvalue weighted by molar-refractivity contribution is 6.03. The monoisotopic (exact) mass is 313 g/mol. The fourth-order valence-corrected chi connectivity index (χ4v) is 1.89. The third-order valence-corrected chi connectivity index (χ3v) is 3.13. The molecule has 2 aromatic carbocycles. The van der Waals surface area contributed by atoms with E-state index in [1.165, 1.54) is 6.26 Å². The highest BCUT2D eigenvalue weighted by Crippen LogP contribution is 2.37. The van der Waals surface area contributed by atoms with Gasteiger partial charge < -0.3 is 19.5 Å². The Hall–Kier alpha value is -2.95. The molecule has 23 heavy (non-hydrogen) atoms. The Bertz CT molecular complexity index is 673. The second-order valence-corrected chi connectivity index (χ2v) is 4.73. The van der Waals surface area contributed by atoms with E-state index in [0.29, 0.717) is 22.8 Å². The number of rotatable bonds is 6. The van der Waals surface area contributed by atoms with Gasteiger partial charge in [-0.2, -0.15) is 0 Å². The van der Waals surface area contributed by atoms with Crippen LogP contribution in [0.5, 0.6) is 17.2 Å². The number of nitrogens with one attached hydrogen (secondary N) is 1. The van der Waals surface area contributed by atoms with Crippen molar-refractivity contribution >= 4 is 11.6 Å². The number of hydrogen-bond donors (Lipinski definition) is 1. The van der Waals surface area contributed by atoms with Gasteiger partial charge in [0.1, 0.15) is 0 Å². The van der Waals surface area contributed by atoms with Crippen LogP contribution in [0.3, 0.4) is 0 Å². The van der Waals surface area contributed by atoms with E-state index in [9.17, 15) is 4.79 Å². The van der Waals surface area contributed by atoms with Gasteiger partial charge in [-0.15, -0.1) is 0 Å². The minimum atomic E-state index is -0.245. The molecule has 0 bridgehead atoms. The Morgan fingerprint density at radius 3 is 2.13 bits per heavy atom. The summed E-state index contributed by atoms with van der Waals surface area (Å²) in [6.07, 6.45) is 1.37. The standard InChI is InChI=1S/C18H19NO4/c1-13(18(20)19-14-8-5-4-6-9-14)12-23-17-15(21-2)10-7-11-16(17)22-3/h4-12H,1-3H3,(H,19,20). The van der Waals surface area contributed by atoms with Crippen LogP contribution in [0.4, 0.5) is 5.69 Å². The second kappa shape index (κ2) is 7.89. The van der Waals surface area contributed by atoms with Gasteiger partial charge in [0.25, 0.3) is 5.91 Å². The van der Waals surface area contributed by atoms with Crippen molar-refractivity contribution in [1.29, 1.82) is 0 Å². The molecule has 0 saturated carbocycles. The lowest BCUT2D eigenvalue weighted by Gasteiger charge is -2.12. The van der Waals surface area contributed by atoms with Gasteiger partial charge in [-0.05, 0) is 31.2 Å². The Balaban J connectivity index is 2.12. The molecule has 0 fully saturated rings. The van der Waals surface area contributed by atoms with Crippen molar-refractivity contribution in [3.8, 4) is 17.2 Å². The molecule has 2 aromatic rings. The van der Waals surface area contributed by atoms with E-state index in [1.807, 2.05) is 30.3 Å². The van der Waals surface area contributed by atoms with Gasteiger partial charge in [0, 0.05) is 11.3 Å². The normalized spacial score (nSPS) is 10.8. The number of hydrogen-bond acceptors (Lipinski definition) is 4. The van der Waals surface area contributed by atoms with Crippen LogP contribution in [0.25, 0.3) is 0 Å². The molecule has 0 aromatic heterocycles. The minimum Gasteiger partial charge on any atom is -0.493 e. The van der Waals surface area contributed by atoms with E-state index in [1.54, 1.807) is 39.3 Å². The zero-order valence-electron chi connectivity index (χ0n) is 13.3. The largest absolute Gasteiger partial charge is 0.493 e. The summed E-state index contributed by atoms with van der Waals surface area (Å²) in [5, 5.41) is 2.79. The van der Waals surface area contributed by atoms with Crippen LogP contribution in [0.15, 0.2) is 60.4 Å². The molecule has 5 heteroatoms. The molecular weight excluding hydrogens is 294 g/mol. The lowest BCUT2D eigenvalue weighted by Crippen LogP contribution is -2.13. The van der Waals surface area contributed by atoms with E-state index in [0.717, 1.165) is 5.69 Å². The molecule has 2 rings (SSSR count). The zero-order chi connectivity index (χ0) is 16.7. The average Bonchev–Trinajstić information content (AvgIpc) is 2.59. The molecule has 0 atom stereocenters. The van der Waals surface area contributed by atoms with Crippen LogP contribution in [0.2, 0.25) is 0 Å². The number of benzene rings is 2. The first-order valence-corrected chi connectivity index (χ1v) is 7.06. The fourth-order valence-electron chi connectivity index (χ4n) is 1.89. The molecule has 0 saturated heterocycles. The molecule has 1 amide bonds. The van der Waals surface area contributed by atoms with Gasteiger partial charge in [0.05, 0.1) is 20.5 Å². The number of para-hydroxylation sites is 2. The van der Waals surface area contributed by atoms with Crippen molar-refractivity contribution in [2.75, 3.05) is 19.5 Å². The minimum absolute atomic E-state index is 0.245. The van der Waals surface area contributed by atoms with Crippen molar-refractivity contribution < 1.29 is 19.0 Å². The highest BCUT2D eigenvalue weighted by atomic mass is 16.5. The number of carbonyl (C=O) groups is 1. The van der Waals surface area contributed by atoms with Crippen molar-refractivity contribution in [3.63, 3.8) is 0 Å². The van der Waals surface area contributed by atoms with Gasteiger partial charge >= 0.3 is 0 Å². The summed E-state index contributed by atoms with van der Waals surface area (Å²) in [4.78, 5) is 12.1. The summed E-state index contributed by atoms with van der Waals surface area (Å²) in [6.45, 7) is 1.67. The first-order valence-electron chi connectivity index (χ1n) is 7.06. The van der Waals surface area contributed by atoms with Gasteiger partial charge in [0.15, 0.2) is 11.5 Å². The van der Waals surface area contributed by atoms with E-state index < -0.39 is 0 Å². The summed E-state index contributed by atoms with van der Waals surface area (Å²) >= 11 is 0. The smallest absolute Gasteiger partial charge is 0.254 e. The van der Waals surface area contributed by atoms with E-state index in [2.05, 4.69) is 5.32 Å². The van der Waals surface area contributed by atoms with Crippen LogP contribution in [-0.2, 0) is 4.79 Å². The third kappa shape index (κ3) is 4.26. The second-order valence-electron chi connectivity index (χ2n) is 4.73. The Kier molecular flexibility index (Phi) is 5.63. The molecule has 120 valence electrons. The Labute approximate surface area is 135 Å². The topological polar surface area (TPSA) is 56.8 Å². The lowest BCUT2D eigenvalue weighted by atomic mass is 10.2. The number of methoxy groups -OCH3 is 2. The maximum Gasteiger partial charge on any atom is 0.254 e. The maximum absolute atomic E-state index is 12.1. The van der Waals surface area contributed by atoms with E-state index in [-0.39, 0.29) is 5.91 Å². The maximum atomic E-state index is 12.1. The number of ether oxygens (including phenoxy) is 3. The van der Waals surface area contributed by atoms with Crippen molar-refractivity contribution in [2.24, 2.45) is 0 Å². The van der Waals surface area contributed by atoms with E-state index in [4.69, 9.17) is 14.2 Å². The molecular formula is C18H19NO4. The molecule has 1 N–H and O–H groups in total. The summed E-state index contributed by atoms with van der Waals surface area (Å²) in [5.41, 5.74) is 1.14.